The Kier molecular flexibility index (Phi) is 7.12. The van der Waals surface area contributed by atoms with E-state index in [4.69, 9.17) is 25.8 Å². The predicted molar refractivity (Wildman–Crippen MR) is 123 cm³/mol. The highest BCUT2D eigenvalue weighted by atomic mass is 35.5. The molecule has 3 rings (SSSR count). The standard InChI is InChI=1S/C22H21ClN2O6S/c1-29-19-10-8-17(13-18(19)24-22(26)14-5-4-6-15(23)11-14)32(27,28)25-16-7-9-20(30-2)21(12-16)31-3/h4-13,25H,1-3H3,(H,24,26). The fourth-order valence-electron chi connectivity index (χ4n) is 2.89. The molecule has 1 amide bonds. The topological polar surface area (TPSA) is 103 Å². The first-order chi connectivity index (χ1) is 15.3. The molecular weight excluding hydrogens is 456 g/mol. The second-order valence-electron chi connectivity index (χ2n) is 6.50. The Morgan fingerprint density at radius 2 is 1.53 bits per heavy atom. The first-order valence-corrected chi connectivity index (χ1v) is 11.1. The molecule has 0 heterocycles. The van der Waals surface area contributed by atoms with E-state index in [-0.39, 0.29) is 16.3 Å². The Hall–Kier alpha value is -3.43. The van der Waals surface area contributed by atoms with Crippen molar-refractivity contribution in [2.45, 2.75) is 4.90 Å². The van der Waals surface area contributed by atoms with Crippen LogP contribution in [0.15, 0.2) is 65.6 Å². The smallest absolute Gasteiger partial charge is 0.261 e. The predicted octanol–water partition coefficient (Wildman–Crippen LogP) is 4.42. The highest BCUT2D eigenvalue weighted by molar-refractivity contribution is 7.92. The van der Waals surface area contributed by atoms with Gasteiger partial charge in [0, 0.05) is 16.7 Å². The number of benzene rings is 3. The lowest BCUT2D eigenvalue weighted by molar-refractivity contribution is 0.102. The summed E-state index contributed by atoms with van der Waals surface area (Å²) in [5, 5.41) is 3.07. The van der Waals surface area contributed by atoms with Crippen LogP contribution in [-0.2, 0) is 10.0 Å². The monoisotopic (exact) mass is 476 g/mol. The molecule has 0 aromatic heterocycles. The third-order valence-corrected chi connectivity index (χ3v) is 6.07. The van der Waals surface area contributed by atoms with Crippen molar-refractivity contribution < 1.29 is 27.4 Å². The van der Waals surface area contributed by atoms with Crippen LogP contribution in [0.3, 0.4) is 0 Å². The van der Waals surface area contributed by atoms with Gasteiger partial charge in [0.2, 0.25) is 0 Å². The molecule has 0 fully saturated rings. The summed E-state index contributed by atoms with van der Waals surface area (Å²) in [7, 11) is 0.367. The molecule has 0 bridgehead atoms. The van der Waals surface area contributed by atoms with Gasteiger partial charge in [-0.05, 0) is 48.5 Å². The largest absolute Gasteiger partial charge is 0.495 e. The highest BCUT2D eigenvalue weighted by Crippen LogP contribution is 2.32. The van der Waals surface area contributed by atoms with E-state index in [0.29, 0.717) is 27.8 Å². The zero-order valence-corrected chi connectivity index (χ0v) is 19.1. The van der Waals surface area contributed by atoms with Crippen LogP contribution >= 0.6 is 11.6 Å². The van der Waals surface area contributed by atoms with E-state index in [1.165, 1.54) is 51.7 Å². The number of amides is 1. The number of halogens is 1. The van der Waals surface area contributed by atoms with Crippen LogP contribution in [0.5, 0.6) is 17.2 Å². The van der Waals surface area contributed by atoms with Crippen molar-refractivity contribution in [3.63, 3.8) is 0 Å². The summed E-state index contributed by atoms with van der Waals surface area (Å²) < 4.78 is 44.0. The summed E-state index contributed by atoms with van der Waals surface area (Å²) in [6, 6.07) is 15.1. The van der Waals surface area contributed by atoms with E-state index in [1.54, 1.807) is 30.3 Å². The van der Waals surface area contributed by atoms with E-state index < -0.39 is 15.9 Å². The SMILES string of the molecule is COc1ccc(S(=O)(=O)Nc2ccc(OC)c(OC)c2)cc1NC(=O)c1cccc(Cl)c1. The van der Waals surface area contributed by atoms with Crippen LogP contribution in [0.4, 0.5) is 11.4 Å². The zero-order valence-electron chi connectivity index (χ0n) is 17.5. The van der Waals surface area contributed by atoms with Crippen molar-refractivity contribution >= 4 is 38.9 Å². The average molecular weight is 477 g/mol. The van der Waals surface area contributed by atoms with Crippen molar-refractivity contribution in [1.82, 2.24) is 0 Å². The Morgan fingerprint density at radius 3 is 2.19 bits per heavy atom. The number of hydrogen-bond acceptors (Lipinski definition) is 6. The van der Waals surface area contributed by atoms with Gasteiger partial charge in [-0.1, -0.05) is 17.7 Å². The molecule has 0 saturated heterocycles. The second-order valence-corrected chi connectivity index (χ2v) is 8.62. The van der Waals surface area contributed by atoms with Crippen LogP contribution in [-0.4, -0.2) is 35.7 Å². The van der Waals surface area contributed by atoms with Crippen molar-refractivity contribution in [1.29, 1.82) is 0 Å². The van der Waals surface area contributed by atoms with E-state index in [9.17, 15) is 13.2 Å². The summed E-state index contributed by atoms with van der Waals surface area (Å²) in [6.07, 6.45) is 0. The third kappa shape index (κ3) is 5.24. The van der Waals surface area contributed by atoms with Crippen LogP contribution < -0.4 is 24.2 Å². The number of nitrogens with one attached hydrogen (secondary N) is 2. The number of hydrogen-bond donors (Lipinski definition) is 2. The summed E-state index contributed by atoms with van der Waals surface area (Å²) in [5.74, 6) is 0.668. The molecule has 0 spiro atoms. The maximum atomic E-state index is 13.0. The number of ether oxygens (including phenoxy) is 3. The zero-order chi connectivity index (χ0) is 23.3. The molecule has 168 valence electrons. The molecule has 2 N–H and O–H groups in total. The Balaban J connectivity index is 1.90. The molecule has 0 unspecified atom stereocenters. The molecule has 32 heavy (non-hydrogen) atoms. The molecule has 0 aliphatic carbocycles. The van der Waals surface area contributed by atoms with Crippen LogP contribution in [0.1, 0.15) is 10.4 Å². The normalized spacial score (nSPS) is 10.9. The molecule has 0 saturated carbocycles. The quantitative estimate of drug-likeness (QED) is 0.499. The molecule has 3 aromatic rings. The first kappa shape index (κ1) is 23.2. The minimum Gasteiger partial charge on any atom is -0.495 e. The highest BCUT2D eigenvalue weighted by Gasteiger charge is 2.19. The van der Waals surface area contributed by atoms with Crippen LogP contribution in [0.25, 0.3) is 0 Å². The molecular formula is C22H21ClN2O6S. The van der Waals surface area contributed by atoms with Crippen LogP contribution in [0, 0.1) is 0 Å². The van der Waals surface area contributed by atoms with Gasteiger partial charge in [0.1, 0.15) is 5.75 Å². The van der Waals surface area contributed by atoms with Crippen molar-refractivity contribution in [2.24, 2.45) is 0 Å². The summed E-state index contributed by atoms with van der Waals surface area (Å²) in [5.41, 5.74) is 0.784. The molecule has 0 radical (unpaired) electrons. The maximum absolute atomic E-state index is 13.0. The number of carbonyl (C=O) groups excluding carboxylic acids is 1. The number of carbonyl (C=O) groups is 1. The molecule has 8 nitrogen and oxygen atoms in total. The molecule has 0 aliphatic heterocycles. The van der Waals surface area contributed by atoms with Gasteiger partial charge in [-0.25, -0.2) is 8.42 Å². The maximum Gasteiger partial charge on any atom is 0.261 e. The molecule has 0 atom stereocenters. The van der Waals surface area contributed by atoms with Crippen molar-refractivity contribution in [2.75, 3.05) is 31.4 Å². The van der Waals surface area contributed by atoms with E-state index in [1.807, 2.05) is 0 Å². The Bertz CT molecular complexity index is 1250. The van der Waals surface area contributed by atoms with E-state index >= 15 is 0 Å². The molecule has 3 aromatic carbocycles. The van der Waals surface area contributed by atoms with E-state index in [2.05, 4.69) is 10.0 Å². The minimum atomic E-state index is -3.99. The van der Waals surface area contributed by atoms with Gasteiger partial charge in [0.25, 0.3) is 15.9 Å². The van der Waals surface area contributed by atoms with Gasteiger partial charge < -0.3 is 19.5 Å². The lowest BCUT2D eigenvalue weighted by atomic mass is 10.2. The van der Waals surface area contributed by atoms with Gasteiger partial charge in [-0.3, -0.25) is 9.52 Å². The number of anilines is 2. The lowest BCUT2D eigenvalue weighted by Crippen LogP contribution is -2.16. The van der Waals surface area contributed by atoms with Crippen molar-refractivity contribution in [3.05, 3.63) is 71.2 Å². The van der Waals surface area contributed by atoms with Gasteiger partial charge in [0.05, 0.1) is 37.6 Å². The summed E-state index contributed by atoms with van der Waals surface area (Å²) in [6.45, 7) is 0. The summed E-state index contributed by atoms with van der Waals surface area (Å²) >= 11 is 5.94. The number of rotatable bonds is 8. The van der Waals surface area contributed by atoms with Gasteiger partial charge in [-0.15, -0.1) is 0 Å². The first-order valence-electron chi connectivity index (χ1n) is 9.27. The average Bonchev–Trinajstić information content (AvgIpc) is 2.78. The second kappa shape index (κ2) is 9.80. The van der Waals surface area contributed by atoms with Gasteiger partial charge in [-0.2, -0.15) is 0 Å². The van der Waals surface area contributed by atoms with Crippen molar-refractivity contribution in [3.8, 4) is 17.2 Å². The lowest BCUT2D eigenvalue weighted by Gasteiger charge is -2.14. The van der Waals surface area contributed by atoms with Crippen LogP contribution in [0.2, 0.25) is 5.02 Å². The minimum absolute atomic E-state index is 0.0746. The third-order valence-electron chi connectivity index (χ3n) is 4.45. The van der Waals surface area contributed by atoms with Gasteiger partial charge in [0.15, 0.2) is 11.5 Å². The fourth-order valence-corrected chi connectivity index (χ4v) is 4.16. The van der Waals surface area contributed by atoms with Gasteiger partial charge >= 0.3 is 0 Å². The number of methoxy groups -OCH3 is 3. The van der Waals surface area contributed by atoms with E-state index in [0.717, 1.165) is 0 Å². The Morgan fingerprint density at radius 1 is 0.844 bits per heavy atom. The Labute approximate surface area is 191 Å². The molecule has 0 aliphatic rings. The molecule has 10 heteroatoms. The summed E-state index contributed by atoms with van der Waals surface area (Å²) in [4.78, 5) is 12.5. The number of sulfonamides is 1. The fraction of sp³-hybridized carbons (Fsp3) is 0.136.